The van der Waals surface area contributed by atoms with Gasteiger partial charge in [0.25, 0.3) is 5.91 Å². The van der Waals surface area contributed by atoms with E-state index in [1.807, 2.05) is 6.92 Å². The number of rotatable bonds is 4. The molecule has 0 radical (unpaired) electrons. The van der Waals surface area contributed by atoms with Crippen LogP contribution in [-0.4, -0.2) is 37.2 Å². The molecular formula is C15H20N6O. The molecule has 0 spiro atoms. The van der Waals surface area contributed by atoms with E-state index in [1.54, 1.807) is 6.20 Å². The maximum atomic E-state index is 12.0. The molecule has 0 aliphatic carbocycles. The van der Waals surface area contributed by atoms with Crippen molar-refractivity contribution in [2.45, 2.75) is 45.6 Å². The number of aromatic nitrogens is 5. The van der Waals surface area contributed by atoms with Gasteiger partial charge in [-0.1, -0.05) is 6.42 Å². The smallest absolute Gasteiger partial charge is 0.271 e. The standard InChI is InChI=1S/C15H20N6O/c1-11-9-18-12(10-17-11)15(22)16-7-6-14-20-19-13-5-3-2-4-8-21(13)14/h9-10H,2-8H2,1H3,(H,16,22). The fourth-order valence-electron chi connectivity index (χ4n) is 2.62. The minimum Gasteiger partial charge on any atom is -0.350 e. The lowest BCUT2D eigenvalue weighted by Gasteiger charge is -2.07. The van der Waals surface area contributed by atoms with Crippen molar-refractivity contribution < 1.29 is 4.79 Å². The summed E-state index contributed by atoms with van der Waals surface area (Å²) in [5.74, 6) is 1.82. The van der Waals surface area contributed by atoms with Gasteiger partial charge in [-0.15, -0.1) is 10.2 Å². The maximum Gasteiger partial charge on any atom is 0.271 e. The van der Waals surface area contributed by atoms with E-state index in [0.29, 0.717) is 18.7 Å². The van der Waals surface area contributed by atoms with Crippen LogP contribution in [0.5, 0.6) is 0 Å². The van der Waals surface area contributed by atoms with Crippen molar-refractivity contribution >= 4 is 5.91 Å². The number of fused-ring (bicyclic) bond motifs is 1. The van der Waals surface area contributed by atoms with Gasteiger partial charge < -0.3 is 9.88 Å². The summed E-state index contributed by atoms with van der Waals surface area (Å²) in [6, 6.07) is 0. The van der Waals surface area contributed by atoms with Gasteiger partial charge in [0, 0.05) is 32.1 Å². The Hall–Kier alpha value is -2.31. The molecule has 1 N–H and O–H groups in total. The molecule has 7 nitrogen and oxygen atoms in total. The molecule has 0 saturated heterocycles. The topological polar surface area (TPSA) is 85.6 Å². The molecule has 116 valence electrons. The number of carbonyl (C=O) groups is 1. The van der Waals surface area contributed by atoms with Crippen LogP contribution in [0.4, 0.5) is 0 Å². The van der Waals surface area contributed by atoms with Crippen molar-refractivity contribution in [3.8, 4) is 0 Å². The van der Waals surface area contributed by atoms with Crippen LogP contribution in [0.25, 0.3) is 0 Å². The maximum absolute atomic E-state index is 12.0. The summed E-state index contributed by atoms with van der Waals surface area (Å²) < 4.78 is 2.20. The van der Waals surface area contributed by atoms with E-state index in [0.717, 1.165) is 30.3 Å². The Morgan fingerprint density at radius 3 is 2.95 bits per heavy atom. The number of nitrogens with one attached hydrogen (secondary N) is 1. The van der Waals surface area contributed by atoms with E-state index >= 15 is 0 Å². The normalized spacial score (nSPS) is 14.2. The van der Waals surface area contributed by atoms with Gasteiger partial charge in [-0.2, -0.15) is 0 Å². The van der Waals surface area contributed by atoms with Gasteiger partial charge in [-0.25, -0.2) is 4.98 Å². The minimum atomic E-state index is -0.205. The molecule has 7 heteroatoms. The van der Waals surface area contributed by atoms with Gasteiger partial charge >= 0.3 is 0 Å². The third-order valence-corrected chi connectivity index (χ3v) is 3.83. The SMILES string of the molecule is Cc1cnc(C(=O)NCCc2nnc3n2CCCCC3)cn1. The Morgan fingerprint density at radius 2 is 2.14 bits per heavy atom. The van der Waals surface area contributed by atoms with Crippen LogP contribution in [0.2, 0.25) is 0 Å². The fraction of sp³-hybridized carbons (Fsp3) is 0.533. The van der Waals surface area contributed by atoms with Gasteiger partial charge in [-0.3, -0.25) is 9.78 Å². The molecule has 3 heterocycles. The summed E-state index contributed by atoms with van der Waals surface area (Å²) in [4.78, 5) is 20.1. The average Bonchev–Trinajstić information content (AvgIpc) is 2.76. The summed E-state index contributed by atoms with van der Waals surface area (Å²) >= 11 is 0. The number of aryl methyl sites for hydroxylation is 2. The Kier molecular flexibility index (Phi) is 4.41. The van der Waals surface area contributed by atoms with Crippen molar-refractivity contribution in [1.82, 2.24) is 30.0 Å². The van der Waals surface area contributed by atoms with E-state index in [2.05, 4.69) is 30.0 Å². The van der Waals surface area contributed by atoms with Gasteiger partial charge in [0.15, 0.2) is 0 Å². The molecular weight excluding hydrogens is 280 g/mol. The molecule has 0 saturated carbocycles. The zero-order valence-electron chi connectivity index (χ0n) is 12.7. The number of carbonyl (C=O) groups excluding carboxylic acids is 1. The second-order valence-electron chi connectivity index (χ2n) is 5.54. The zero-order valence-corrected chi connectivity index (χ0v) is 12.7. The molecule has 0 atom stereocenters. The first-order valence-corrected chi connectivity index (χ1v) is 7.72. The van der Waals surface area contributed by atoms with Crippen LogP contribution in [0, 0.1) is 6.92 Å². The molecule has 22 heavy (non-hydrogen) atoms. The lowest BCUT2D eigenvalue weighted by Crippen LogP contribution is -2.27. The van der Waals surface area contributed by atoms with E-state index < -0.39 is 0 Å². The lowest BCUT2D eigenvalue weighted by atomic mass is 10.2. The Morgan fingerprint density at radius 1 is 1.23 bits per heavy atom. The number of hydrogen-bond acceptors (Lipinski definition) is 5. The highest BCUT2D eigenvalue weighted by molar-refractivity contribution is 5.91. The van der Waals surface area contributed by atoms with Crippen LogP contribution in [0.1, 0.15) is 47.1 Å². The summed E-state index contributed by atoms with van der Waals surface area (Å²) in [7, 11) is 0. The van der Waals surface area contributed by atoms with Crippen molar-refractivity contribution in [2.24, 2.45) is 0 Å². The molecule has 3 rings (SSSR count). The van der Waals surface area contributed by atoms with Gasteiger partial charge in [0.2, 0.25) is 0 Å². The highest BCUT2D eigenvalue weighted by atomic mass is 16.1. The second-order valence-corrected chi connectivity index (χ2v) is 5.54. The highest BCUT2D eigenvalue weighted by Crippen LogP contribution is 2.14. The van der Waals surface area contributed by atoms with Crippen molar-refractivity contribution in [1.29, 1.82) is 0 Å². The van der Waals surface area contributed by atoms with Gasteiger partial charge in [-0.05, 0) is 19.8 Å². The molecule has 0 aromatic carbocycles. The molecule has 2 aromatic rings. The first kappa shape index (κ1) is 14.6. The summed E-state index contributed by atoms with van der Waals surface area (Å²) in [5, 5.41) is 11.4. The quantitative estimate of drug-likeness (QED) is 0.913. The molecule has 1 amide bonds. The van der Waals surface area contributed by atoms with Crippen molar-refractivity contribution in [2.75, 3.05) is 6.54 Å². The monoisotopic (exact) mass is 300 g/mol. The Bertz CT molecular complexity index is 649. The first-order valence-electron chi connectivity index (χ1n) is 7.72. The number of hydrogen-bond donors (Lipinski definition) is 1. The predicted molar refractivity (Wildman–Crippen MR) is 80.4 cm³/mol. The molecule has 1 aliphatic heterocycles. The van der Waals surface area contributed by atoms with Gasteiger partial charge in [0.05, 0.1) is 11.9 Å². The summed E-state index contributed by atoms with van der Waals surface area (Å²) in [5.41, 5.74) is 1.13. The Labute approximate surface area is 129 Å². The van der Waals surface area contributed by atoms with E-state index in [-0.39, 0.29) is 5.91 Å². The third-order valence-electron chi connectivity index (χ3n) is 3.83. The van der Waals surface area contributed by atoms with Crippen molar-refractivity contribution in [3.63, 3.8) is 0 Å². The largest absolute Gasteiger partial charge is 0.350 e. The first-order chi connectivity index (χ1) is 10.7. The van der Waals surface area contributed by atoms with Crippen molar-refractivity contribution in [3.05, 3.63) is 35.4 Å². The zero-order chi connectivity index (χ0) is 15.4. The van der Waals surface area contributed by atoms with E-state index in [9.17, 15) is 4.79 Å². The minimum absolute atomic E-state index is 0.205. The van der Waals surface area contributed by atoms with Crippen LogP contribution < -0.4 is 5.32 Å². The second kappa shape index (κ2) is 6.64. The van der Waals surface area contributed by atoms with Gasteiger partial charge in [0.1, 0.15) is 17.3 Å². The third kappa shape index (κ3) is 3.29. The molecule has 2 aromatic heterocycles. The lowest BCUT2D eigenvalue weighted by molar-refractivity contribution is 0.0948. The summed E-state index contributed by atoms with van der Waals surface area (Å²) in [6.07, 6.45) is 8.35. The molecule has 0 unspecified atom stereocenters. The Balaban J connectivity index is 1.56. The van der Waals surface area contributed by atoms with Crippen LogP contribution in [-0.2, 0) is 19.4 Å². The predicted octanol–water partition coefficient (Wildman–Crippen LogP) is 1.08. The number of amides is 1. The number of nitrogens with zero attached hydrogens (tertiary/aromatic N) is 5. The molecule has 1 aliphatic rings. The van der Waals surface area contributed by atoms with E-state index in [4.69, 9.17) is 0 Å². The van der Waals surface area contributed by atoms with Crippen LogP contribution in [0.15, 0.2) is 12.4 Å². The highest BCUT2D eigenvalue weighted by Gasteiger charge is 2.15. The van der Waals surface area contributed by atoms with E-state index in [1.165, 1.54) is 25.5 Å². The average molecular weight is 300 g/mol. The summed E-state index contributed by atoms with van der Waals surface area (Å²) in [6.45, 7) is 3.34. The van der Waals surface area contributed by atoms with Crippen LogP contribution in [0.3, 0.4) is 0 Å². The molecule has 0 fully saturated rings. The fourth-order valence-corrected chi connectivity index (χ4v) is 2.62. The van der Waals surface area contributed by atoms with Crippen LogP contribution >= 0.6 is 0 Å². The molecule has 0 bridgehead atoms.